The van der Waals surface area contributed by atoms with E-state index in [4.69, 9.17) is 4.74 Å². The number of nitrogens with zero attached hydrogens (tertiary/aromatic N) is 2. The molecule has 0 spiro atoms. The summed E-state index contributed by atoms with van der Waals surface area (Å²) in [4.78, 5) is 17.2. The number of allylic oxidation sites excluding steroid dienone is 8. The predicted octanol–water partition coefficient (Wildman–Crippen LogP) is 15.3. The van der Waals surface area contributed by atoms with E-state index < -0.39 is 0 Å². The van der Waals surface area contributed by atoms with Gasteiger partial charge in [-0.25, -0.2) is 9.69 Å². The van der Waals surface area contributed by atoms with Crippen LogP contribution in [0.5, 0.6) is 0 Å². The summed E-state index contributed by atoms with van der Waals surface area (Å²) in [7, 11) is 4.15. The molecular formula is C49H88N2O2. The van der Waals surface area contributed by atoms with Crippen molar-refractivity contribution in [3.8, 4) is 12.0 Å². The molecule has 0 rings (SSSR count). The van der Waals surface area contributed by atoms with Crippen LogP contribution in [0.15, 0.2) is 48.6 Å². The fourth-order valence-electron chi connectivity index (χ4n) is 6.34. The van der Waals surface area contributed by atoms with E-state index >= 15 is 0 Å². The average Bonchev–Trinajstić information content (AvgIpc) is 3.15. The molecule has 0 aliphatic carbocycles. The minimum atomic E-state index is -0.239. The minimum absolute atomic E-state index is 0.00720. The molecule has 0 aromatic carbocycles. The maximum atomic E-state index is 13.4. The molecule has 1 atom stereocenters. The molecule has 0 aliphatic rings. The van der Waals surface area contributed by atoms with Gasteiger partial charge in [0.05, 0.1) is 0 Å². The maximum absolute atomic E-state index is 13.4. The lowest BCUT2D eigenvalue weighted by molar-refractivity contribution is 0.0639. The third-order valence-electron chi connectivity index (χ3n) is 9.80. The van der Waals surface area contributed by atoms with E-state index in [1.54, 1.807) is 4.90 Å². The number of hydrogen-bond acceptors (Lipinski definition) is 3. The molecule has 4 nitrogen and oxygen atoms in total. The summed E-state index contributed by atoms with van der Waals surface area (Å²) in [6.45, 7) is 8.26. The molecule has 0 aromatic rings. The van der Waals surface area contributed by atoms with Crippen LogP contribution in [-0.4, -0.2) is 49.2 Å². The summed E-state index contributed by atoms with van der Waals surface area (Å²) in [5.74, 6) is 3.23. The van der Waals surface area contributed by atoms with Gasteiger partial charge in [-0.15, -0.1) is 0 Å². The Morgan fingerprint density at radius 2 is 0.925 bits per heavy atom. The van der Waals surface area contributed by atoms with Gasteiger partial charge in [0, 0.05) is 19.0 Å². The van der Waals surface area contributed by atoms with Crippen LogP contribution in [0.3, 0.4) is 0 Å². The molecule has 1 unspecified atom stereocenters. The van der Waals surface area contributed by atoms with Gasteiger partial charge >= 0.3 is 6.09 Å². The van der Waals surface area contributed by atoms with E-state index in [0.717, 1.165) is 70.8 Å². The highest BCUT2D eigenvalue weighted by Crippen LogP contribution is 2.19. The molecule has 1 amide bonds. The van der Waals surface area contributed by atoms with Crippen LogP contribution in [0, 0.1) is 12.0 Å². The number of carbonyl (C=O) groups is 1. The number of rotatable bonds is 37. The highest BCUT2D eigenvalue weighted by atomic mass is 16.6. The van der Waals surface area contributed by atoms with Crippen molar-refractivity contribution in [1.29, 1.82) is 0 Å². The minimum Gasteiger partial charge on any atom is -0.445 e. The summed E-state index contributed by atoms with van der Waals surface area (Å²) < 4.78 is 6.22. The Hall–Kier alpha value is -2.25. The number of ether oxygens (including phenoxy) is 1. The van der Waals surface area contributed by atoms with Gasteiger partial charge < -0.3 is 9.64 Å². The first kappa shape index (κ1) is 50.8. The molecule has 0 N–H and O–H groups in total. The molecule has 4 heteroatoms. The monoisotopic (exact) mass is 737 g/mol. The molecule has 0 bridgehead atoms. The van der Waals surface area contributed by atoms with Crippen molar-refractivity contribution in [2.24, 2.45) is 0 Å². The lowest BCUT2D eigenvalue weighted by Gasteiger charge is -2.22. The molecule has 53 heavy (non-hydrogen) atoms. The molecule has 0 radical (unpaired) electrons. The van der Waals surface area contributed by atoms with Crippen LogP contribution in [0.1, 0.15) is 213 Å². The summed E-state index contributed by atoms with van der Waals surface area (Å²) >= 11 is 0. The van der Waals surface area contributed by atoms with Crippen LogP contribution < -0.4 is 0 Å². The van der Waals surface area contributed by atoms with Gasteiger partial charge in [-0.1, -0.05) is 159 Å². The van der Waals surface area contributed by atoms with Gasteiger partial charge in [-0.2, -0.15) is 0 Å². The topological polar surface area (TPSA) is 32.8 Å². The van der Waals surface area contributed by atoms with Crippen molar-refractivity contribution >= 4 is 6.09 Å². The molecule has 0 fully saturated rings. The first-order valence-corrected chi connectivity index (χ1v) is 22.8. The quantitative estimate of drug-likeness (QED) is 0.0275. The van der Waals surface area contributed by atoms with Gasteiger partial charge in [-0.3, -0.25) is 0 Å². The van der Waals surface area contributed by atoms with E-state index in [1.165, 1.54) is 128 Å². The zero-order valence-electron chi connectivity index (χ0n) is 36.0. The third-order valence-corrected chi connectivity index (χ3v) is 9.80. The van der Waals surface area contributed by atoms with E-state index in [-0.39, 0.29) is 12.2 Å². The van der Waals surface area contributed by atoms with Gasteiger partial charge in [0.2, 0.25) is 0 Å². The second-order valence-electron chi connectivity index (χ2n) is 15.5. The number of unbranched alkanes of at least 4 members (excludes halogenated alkanes) is 20. The number of hydrogen-bond donors (Lipinski definition) is 0. The first-order valence-electron chi connectivity index (χ1n) is 22.8. The highest BCUT2D eigenvalue weighted by molar-refractivity contribution is 5.70. The third kappa shape index (κ3) is 39.3. The molecular weight excluding hydrogens is 649 g/mol. The van der Waals surface area contributed by atoms with Gasteiger partial charge in [0.15, 0.2) is 0 Å². The van der Waals surface area contributed by atoms with E-state index in [0.29, 0.717) is 6.54 Å². The van der Waals surface area contributed by atoms with E-state index in [1.807, 2.05) is 0 Å². The van der Waals surface area contributed by atoms with Crippen molar-refractivity contribution in [1.82, 2.24) is 9.80 Å². The van der Waals surface area contributed by atoms with Crippen molar-refractivity contribution in [2.45, 2.75) is 219 Å². The molecule has 0 aliphatic heterocycles. The van der Waals surface area contributed by atoms with Crippen molar-refractivity contribution in [2.75, 3.05) is 27.2 Å². The fourth-order valence-corrected chi connectivity index (χ4v) is 6.34. The zero-order chi connectivity index (χ0) is 38.7. The van der Waals surface area contributed by atoms with Crippen molar-refractivity contribution in [3.05, 3.63) is 48.6 Å². The van der Waals surface area contributed by atoms with Crippen LogP contribution in [0.4, 0.5) is 4.79 Å². The van der Waals surface area contributed by atoms with Crippen molar-refractivity contribution in [3.63, 3.8) is 0 Å². The Morgan fingerprint density at radius 3 is 1.36 bits per heavy atom. The lowest BCUT2D eigenvalue weighted by Crippen LogP contribution is -2.33. The average molecular weight is 737 g/mol. The molecule has 306 valence electrons. The Kier molecular flexibility index (Phi) is 40.7. The van der Waals surface area contributed by atoms with Gasteiger partial charge in [0.25, 0.3) is 0 Å². The van der Waals surface area contributed by atoms with Crippen molar-refractivity contribution < 1.29 is 9.53 Å². The summed E-state index contributed by atoms with van der Waals surface area (Å²) in [5.41, 5.74) is 0. The lowest BCUT2D eigenvalue weighted by atomic mass is 10.0. The fraction of sp³-hybridized carbons (Fsp3) is 0.776. The Balaban J connectivity index is 4.60. The Bertz CT molecular complexity index is 953. The number of amides is 1. The smallest absolute Gasteiger partial charge is 0.421 e. The highest BCUT2D eigenvalue weighted by Gasteiger charge is 2.19. The standard InChI is InChI=1S/C49H88N2O2/c1-6-9-12-15-17-19-21-23-25-26-28-30-32-34-36-38-40-44-48(53-49(52)51(46-41-14-11-8-3)47-42-45-50(4)5)43-39-37-35-33-31-29-27-24-22-20-18-16-13-10-7-2/h17-20,23-25,27,48H,6-16,21-22,26,28-40,42-45,47H2,1-5H3/b19-17-,20-18-,25-23-,27-24-. The molecule has 0 aromatic heterocycles. The SMILES string of the molecule is CCCCC#CN(CCCN(C)C)C(=O)OC(CCCCCCC/C=C\C/C=C\CCCCC)CCCCCCCCC/C=C\C/C=C\CCCCC. The summed E-state index contributed by atoms with van der Waals surface area (Å²) in [6.07, 6.45) is 54.3. The second-order valence-corrected chi connectivity index (χ2v) is 15.5. The first-order chi connectivity index (χ1) is 26.0. The largest absolute Gasteiger partial charge is 0.445 e. The molecule has 0 saturated heterocycles. The van der Waals surface area contributed by atoms with Crippen LogP contribution in [-0.2, 0) is 4.74 Å². The number of carbonyl (C=O) groups excluding carboxylic acids is 1. The van der Waals surface area contributed by atoms with Crippen LogP contribution in [0.2, 0.25) is 0 Å². The van der Waals surface area contributed by atoms with E-state index in [2.05, 4.69) is 100 Å². The van der Waals surface area contributed by atoms with E-state index in [9.17, 15) is 4.79 Å². The van der Waals surface area contributed by atoms with Crippen LogP contribution >= 0.6 is 0 Å². The Labute approximate surface area is 331 Å². The zero-order valence-corrected chi connectivity index (χ0v) is 36.0. The van der Waals surface area contributed by atoms with Gasteiger partial charge in [-0.05, 0) is 123 Å². The van der Waals surface area contributed by atoms with Gasteiger partial charge in [0.1, 0.15) is 6.10 Å². The summed E-state index contributed by atoms with van der Waals surface area (Å²) in [5, 5.41) is 0. The molecule has 0 heterocycles. The Morgan fingerprint density at radius 1 is 0.509 bits per heavy atom. The summed E-state index contributed by atoms with van der Waals surface area (Å²) in [6, 6.07) is 3.16. The maximum Gasteiger partial charge on any atom is 0.421 e. The normalized spacial score (nSPS) is 12.5. The second kappa shape index (κ2) is 42.5. The molecule has 0 saturated carbocycles. The van der Waals surface area contributed by atoms with Crippen LogP contribution in [0.25, 0.3) is 0 Å². The predicted molar refractivity (Wildman–Crippen MR) is 235 cm³/mol.